The Kier molecular flexibility index (Phi) is 4.54. The third-order valence-corrected chi connectivity index (χ3v) is 8.03. The SMILES string of the molecule is O=C(NCC1CC1)[C@@H]1CCS(=O)(=O)[C@H]2CN(Cc3cccnc3)C[C@@H]12. The van der Waals surface area contributed by atoms with Gasteiger partial charge in [-0.05, 0) is 36.8 Å². The predicted octanol–water partition coefficient (Wildman–Crippen LogP) is 0.843. The molecule has 0 unspecified atom stereocenters. The predicted molar refractivity (Wildman–Crippen MR) is 94.4 cm³/mol. The average Bonchev–Trinajstić information content (AvgIpc) is 3.32. The minimum atomic E-state index is -3.11. The number of rotatable bonds is 5. The van der Waals surface area contributed by atoms with Gasteiger partial charge < -0.3 is 5.32 Å². The Balaban J connectivity index is 1.46. The topological polar surface area (TPSA) is 79.4 Å². The number of hydrogen-bond donors (Lipinski definition) is 1. The molecule has 6 nitrogen and oxygen atoms in total. The minimum absolute atomic E-state index is 0.0556. The summed E-state index contributed by atoms with van der Waals surface area (Å²) in [7, 11) is -3.11. The van der Waals surface area contributed by atoms with Gasteiger partial charge in [-0.2, -0.15) is 0 Å². The number of carbonyl (C=O) groups excluding carboxylic acids is 1. The molecule has 1 aromatic rings. The van der Waals surface area contributed by atoms with Gasteiger partial charge in [0.05, 0.1) is 11.0 Å². The molecule has 3 heterocycles. The van der Waals surface area contributed by atoms with Crippen molar-refractivity contribution in [1.29, 1.82) is 0 Å². The fraction of sp³-hybridized carbons (Fsp3) is 0.667. The third kappa shape index (κ3) is 3.72. The highest BCUT2D eigenvalue weighted by atomic mass is 32.2. The molecule has 7 heteroatoms. The molecule has 0 radical (unpaired) electrons. The first-order valence-electron chi connectivity index (χ1n) is 9.13. The van der Waals surface area contributed by atoms with Gasteiger partial charge in [0.2, 0.25) is 5.91 Å². The molecular weight excluding hydrogens is 338 g/mol. The number of fused-ring (bicyclic) bond motifs is 1. The van der Waals surface area contributed by atoms with Crippen LogP contribution < -0.4 is 5.32 Å². The van der Waals surface area contributed by atoms with Crippen LogP contribution in [0, 0.1) is 17.8 Å². The summed E-state index contributed by atoms with van der Waals surface area (Å²) in [6.07, 6.45) is 6.41. The van der Waals surface area contributed by atoms with E-state index in [0.29, 0.717) is 32.0 Å². The number of nitrogens with one attached hydrogen (secondary N) is 1. The lowest BCUT2D eigenvalue weighted by Crippen LogP contribution is -2.47. The molecule has 1 aromatic heterocycles. The van der Waals surface area contributed by atoms with E-state index in [1.807, 2.05) is 18.3 Å². The molecule has 3 fully saturated rings. The lowest BCUT2D eigenvalue weighted by Gasteiger charge is -2.31. The first kappa shape index (κ1) is 17.0. The number of hydrogen-bond acceptors (Lipinski definition) is 5. The van der Waals surface area contributed by atoms with Gasteiger partial charge in [0.25, 0.3) is 0 Å². The first-order valence-corrected chi connectivity index (χ1v) is 10.8. The van der Waals surface area contributed by atoms with E-state index in [4.69, 9.17) is 0 Å². The number of pyridine rings is 1. The van der Waals surface area contributed by atoms with E-state index >= 15 is 0 Å². The van der Waals surface area contributed by atoms with Gasteiger partial charge in [0, 0.05) is 50.4 Å². The monoisotopic (exact) mass is 363 g/mol. The molecule has 25 heavy (non-hydrogen) atoms. The van der Waals surface area contributed by atoms with E-state index in [0.717, 1.165) is 12.1 Å². The number of aromatic nitrogens is 1. The maximum Gasteiger partial charge on any atom is 0.223 e. The Morgan fingerprint density at radius 2 is 2.12 bits per heavy atom. The minimum Gasteiger partial charge on any atom is -0.356 e. The molecule has 0 aromatic carbocycles. The summed E-state index contributed by atoms with van der Waals surface area (Å²) >= 11 is 0. The number of carbonyl (C=O) groups is 1. The molecule has 1 saturated carbocycles. The number of likely N-dealkylation sites (tertiary alicyclic amines) is 1. The highest BCUT2D eigenvalue weighted by Gasteiger charge is 2.50. The van der Waals surface area contributed by atoms with Crippen molar-refractivity contribution in [2.24, 2.45) is 17.8 Å². The van der Waals surface area contributed by atoms with Crippen molar-refractivity contribution >= 4 is 15.7 Å². The summed E-state index contributed by atoms with van der Waals surface area (Å²) in [6, 6.07) is 3.90. The molecule has 0 spiro atoms. The average molecular weight is 363 g/mol. The zero-order valence-electron chi connectivity index (χ0n) is 14.3. The van der Waals surface area contributed by atoms with E-state index < -0.39 is 15.1 Å². The van der Waals surface area contributed by atoms with E-state index in [9.17, 15) is 13.2 Å². The van der Waals surface area contributed by atoms with Crippen molar-refractivity contribution in [2.45, 2.75) is 31.1 Å². The van der Waals surface area contributed by atoms with Crippen molar-refractivity contribution in [3.63, 3.8) is 0 Å². The lowest BCUT2D eigenvalue weighted by molar-refractivity contribution is -0.126. The molecule has 1 amide bonds. The van der Waals surface area contributed by atoms with Gasteiger partial charge in [-0.3, -0.25) is 14.7 Å². The van der Waals surface area contributed by atoms with Crippen LogP contribution in [-0.2, 0) is 21.2 Å². The molecule has 136 valence electrons. The van der Waals surface area contributed by atoms with E-state index in [1.165, 1.54) is 12.8 Å². The largest absolute Gasteiger partial charge is 0.356 e. The van der Waals surface area contributed by atoms with Crippen molar-refractivity contribution in [3.05, 3.63) is 30.1 Å². The Morgan fingerprint density at radius 3 is 2.84 bits per heavy atom. The van der Waals surface area contributed by atoms with Gasteiger partial charge in [0.1, 0.15) is 0 Å². The van der Waals surface area contributed by atoms with Gasteiger partial charge in [-0.25, -0.2) is 8.42 Å². The summed E-state index contributed by atoms with van der Waals surface area (Å²) in [5.41, 5.74) is 1.08. The second-order valence-electron chi connectivity index (χ2n) is 7.71. The number of sulfone groups is 1. The fourth-order valence-corrected chi connectivity index (χ4v) is 6.34. The zero-order chi connectivity index (χ0) is 17.4. The van der Waals surface area contributed by atoms with E-state index in [-0.39, 0.29) is 23.5 Å². The van der Waals surface area contributed by atoms with E-state index in [1.54, 1.807) is 6.20 Å². The Bertz CT molecular complexity index is 733. The highest BCUT2D eigenvalue weighted by molar-refractivity contribution is 7.92. The summed E-state index contributed by atoms with van der Waals surface area (Å²) in [5, 5.41) is 2.65. The smallest absolute Gasteiger partial charge is 0.223 e. The third-order valence-electron chi connectivity index (χ3n) is 5.80. The Morgan fingerprint density at radius 1 is 1.28 bits per heavy atom. The normalized spacial score (nSPS) is 31.4. The molecule has 1 aliphatic carbocycles. The Labute approximate surface area is 148 Å². The van der Waals surface area contributed by atoms with Gasteiger partial charge >= 0.3 is 0 Å². The maximum absolute atomic E-state index is 12.6. The zero-order valence-corrected chi connectivity index (χ0v) is 15.1. The van der Waals surface area contributed by atoms with Crippen LogP contribution in [0.25, 0.3) is 0 Å². The standard InChI is InChI=1S/C18H25N3O3S/c22-18(20-9-13-3-4-13)15-5-7-25(23,24)17-12-21(11-16(15)17)10-14-2-1-6-19-8-14/h1-2,6,8,13,15-17H,3-5,7,9-12H2,(H,20,22)/t15-,16+,17+/m1/s1. The van der Waals surface area contributed by atoms with Crippen molar-refractivity contribution in [2.75, 3.05) is 25.4 Å². The van der Waals surface area contributed by atoms with Crippen LogP contribution in [0.15, 0.2) is 24.5 Å². The summed E-state index contributed by atoms with van der Waals surface area (Å²) in [4.78, 5) is 18.9. The van der Waals surface area contributed by atoms with Crippen molar-refractivity contribution in [1.82, 2.24) is 15.2 Å². The lowest BCUT2D eigenvalue weighted by atomic mass is 9.87. The molecule has 2 aliphatic heterocycles. The first-order chi connectivity index (χ1) is 12.0. The molecule has 2 saturated heterocycles. The number of nitrogens with zero attached hydrogens (tertiary/aromatic N) is 2. The van der Waals surface area contributed by atoms with Crippen LogP contribution in [0.2, 0.25) is 0 Å². The molecule has 1 N–H and O–H groups in total. The van der Waals surface area contributed by atoms with Crippen LogP contribution in [-0.4, -0.2) is 54.8 Å². The summed E-state index contributed by atoms with van der Waals surface area (Å²) < 4.78 is 25.1. The molecule has 3 atom stereocenters. The second kappa shape index (κ2) is 6.68. The van der Waals surface area contributed by atoms with Gasteiger partial charge in [-0.15, -0.1) is 0 Å². The van der Waals surface area contributed by atoms with Gasteiger partial charge in [0.15, 0.2) is 9.84 Å². The molecule has 0 bridgehead atoms. The maximum atomic E-state index is 12.6. The van der Waals surface area contributed by atoms with Crippen molar-refractivity contribution in [3.8, 4) is 0 Å². The van der Waals surface area contributed by atoms with Crippen LogP contribution in [0.1, 0.15) is 24.8 Å². The van der Waals surface area contributed by atoms with Crippen molar-refractivity contribution < 1.29 is 13.2 Å². The highest BCUT2D eigenvalue weighted by Crippen LogP contribution is 2.37. The van der Waals surface area contributed by atoms with E-state index in [2.05, 4.69) is 15.2 Å². The van der Waals surface area contributed by atoms with Crippen LogP contribution in [0.5, 0.6) is 0 Å². The second-order valence-corrected chi connectivity index (χ2v) is 10.0. The van der Waals surface area contributed by atoms with Crippen LogP contribution >= 0.6 is 0 Å². The summed E-state index contributed by atoms with van der Waals surface area (Å²) in [6.45, 7) is 2.63. The molecular formula is C18H25N3O3S. The van der Waals surface area contributed by atoms with Gasteiger partial charge in [-0.1, -0.05) is 6.07 Å². The fourth-order valence-electron chi connectivity index (χ4n) is 4.21. The number of amides is 1. The molecule has 3 aliphatic rings. The van der Waals surface area contributed by atoms with Crippen LogP contribution in [0.3, 0.4) is 0 Å². The molecule has 4 rings (SSSR count). The van der Waals surface area contributed by atoms with Crippen LogP contribution in [0.4, 0.5) is 0 Å². The quantitative estimate of drug-likeness (QED) is 0.839. The summed E-state index contributed by atoms with van der Waals surface area (Å²) in [5.74, 6) is 0.565. The Hall–Kier alpha value is -1.47.